The zero-order chi connectivity index (χ0) is 14.5. The molecule has 0 spiro atoms. The minimum atomic E-state index is -0.238. The van der Waals surface area contributed by atoms with Crippen LogP contribution >= 0.6 is 0 Å². The molecule has 2 saturated heterocycles. The van der Waals surface area contributed by atoms with Crippen molar-refractivity contribution < 1.29 is 19.1 Å². The highest BCUT2D eigenvalue weighted by Crippen LogP contribution is 2.25. The molecule has 110 valence electrons. The van der Waals surface area contributed by atoms with E-state index in [0.29, 0.717) is 24.0 Å². The van der Waals surface area contributed by atoms with Gasteiger partial charge in [-0.25, -0.2) is 9.59 Å². The number of hydrogen-bond donors (Lipinski definition) is 0. The van der Waals surface area contributed by atoms with Crippen LogP contribution in [0.25, 0.3) is 0 Å². The van der Waals surface area contributed by atoms with E-state index in [4.69, 9.17) is 9.47 Å². The monoisotopic (exact) mass is 278 g/mol. The van der Waals surface area contributed by atoms with Crippen LogP contribution in [0, 0.1) is 0 Å². The van der Waals surface area contributed by atoms with Gasteiger partial charge in [0, 0.05) is 24.0 Å². The summed E-state index contributed by atoms with van der Waals surface area (Å²) in [6.45, 7) is 7.35. The van der Waals surface area contributed by atoms with Gasteiger partial charge in [-0.1, -0.05) is 26.0 Å². The number of rotatable bonds is 7. The fourth-order valence-electron chi connectivity index (χ4n) is 2.69. The van der Waals surface area contributed by atoms with E-state index in [0.717, 1.165) is 38.5 Å². The van der Waals surface area contributed by atoms with Crippen LogP contribution in [-0.2, 0) is 19.1 Å². The van der Waals surface area contributed by atoms with E-state index in [1.807, 2.05) is 0 Å². The second-order valence-corrected chi connectivity index (χ2v) is 5.66. The second-order valence-electron chi connectivity index (χ2n) is 5.66. The molecule has 4 nitrogen and oxygen atoms in total. The summed E-state index contributed by atoms with van der Waals surface area (Å²) in [5.74, 6) is -0.475. The Labute approximate surface area is 119 Å². The molecule has 0 aromatic rings. The SMILES string of the molecule is C=C1C[C@H](CCCCCC[C@H]2CC(=C)C(=O)O2)OC1=O. The fourth-order valence-corrected chi connectivity index (χ4v) is 2.69. The normalized spacial score (nSPS) is 26.0. The van der Waals surface area contributed by atoms with Crippen molar-refractivity contribution in [3.8, 4) is 0 Å². The van der Waals surface area contributed by atoms with Crippen LogP contribution in [0.5, 0.6) is 0 Å². The predicted molar refractivity (Wildman–Crippen MR) is 75.0 cm³/mol. The Hall–Kier alpha value is -1.58. The lowest BCUT2D eigenvalue weighted by Crippen LogP contribution is -2.07. The van der Waals surface area contributed by atoms with Gasteiger partial charge in [0.05, 0.1) is 0 Å². The average molecular weight is 278 g/mol. The standard InChI is InChI=1S/C16H22O4/c1-11-9-13(19-15(11)17)7-5-3-4-6-8-14-10-12(2)16(18)20-14/h13-14H,1-10H2/t13-,14-/m0/s1. The van der Waals surface area contributed by atoms with Crippen LogP contribution < -0.4 is 0 Å². The topological polar surface area (TPSA) is 52.6 Å². The summed E-state index contributed by atoms with van der Waals surface area (Å²) in [6.07, 6.45) is 7.61. The molecule has 2 rings (SSSR count). The number of ether oxygens (including phenoxy) is 2. The molecular weight excluding hydrogens is 256 g/mol. The number of esters is 2. The van der Waals surface area contributed by atoms with Crippen molar-refractivity contribution in [3.05, 3.63) is 24.3 Å². The summed E-state index contributed by atoms with van der Waals surface area (Å²) in [5, 5.41) is 0. The van der Waals surface area contributed by atoms with Gasteiger partial charge in [0.1, 0.15) is 12.2 Å². The molecule has 4 heteroatoms. The van der Waals surface area contributed by atoms with Crippen molar-refractivity contribution in [2.24, 2.45) is 0 Å². The van der Waals surface area contributed by atoms with Gasteiger partial charge in [-0.3, -0.25) is 0 Å². The number of carbonyl (C=O) groups excluding carboxylic acids is 2. The van der Waals surface area contributed by atoms with Gasteiger partial charge >= 0.3 is 11.9 Å². The van der Waals surface area contributed by atoms with Gasteiger partial charge in [-0.2, -0.15) is 0 Å². The number of unbranched alkanes of at least 4 members (excludes halogenated alkanes) is 3. The van der Waals surface area contributed by atoms with E-state index in [9.17, 15) is 9.59 Å². The van der Waals surface area contributed by atoms with E-state index >= 15 is 0 Å². The highest BCUT2D eigenvalue weighted by molar-refractivity contribution is 5.90. The molecule has 0 aromatic carbocycles. The third kappa shape index (κ3) is 3.95. The first-order valence-electron chi connectivity index (χ1n) is 7.34. The summed E-state index contributed by atoms with van der Waals surface area (Å²) in [6, 6.07) is 0. The predicted octanol–water partition coefficient (Wildman–Crippen LogP) is 3.07. The van der Waals surface area contributed by atoms with E-state index in [1.54, 1.807) is 0 Å². The van der Waals surface area contributed by atoms with Crippen LogP contribution in [0.15, 0.2) is 24.3 Å². The molecule has 0 aliphatic carbocycles. The van der Waals surface area contributed by atoms with E-state index in [-0.39, 0.29) is 24.1 Å². The quantitative estimate of drug-likeness (QED) is 0.408. The van der Waals surface area contributed by atoms with Crippen LogP contribution in [0.2, 0.25) is 0 Å². The largest absolute Gasteiger partial charge is 0.459 e. The number of hydrogen-bond acceptors (Lipinski definition) is 4. The van der Waals surface area contributed by atoms with Crippen LogP contribution in [0.3, 0.4) is 0 Å². The molecule has 0 radical (unpaired) electrons. The third-order valence-electron chi connectivity index (χ3n) is 3.88. The van der Waals surface area contributed by atoms with Crippen molar-refractivity contribution in [1.29, 1.82) is 0 Å². The lowest BCUT2D eigenvalue weighted by atomic mass is 10.0. The molecule has 2 atom stereocenters. The lowest BCUT2D eigenvalue weighted by molar-refractivity contribution is -0.140. The first-order chi connectivity index (χ1) is 9.56. The Kier molecular flexibility index (Phi) is 4.99. The molecule has 0 aromatic heterocycles. The molecule has 2 heterocycles. The minimum absolute atomic E-state index is 0.0362. The Morgan fingerprint density at radius 3 is 1.50 bits per heavy atom. The van der Waals surface area contributed by atoms with Crippen molar-refractivity contribution in [2.45, 2.75) is 63.6 Å². The molecule has 20 heavy (non-hydrogen) atoms. The lowest BCUT2D eigenvalue weighted by Gasteiger charge is -2.09. The van der Waals surface area contributed by atoms with Crippen LogP contribution in [0.4, 0.5) is 0 Å². The van der Waals surface area contributed by atoms with Gasteiger partial charge in [0.2, 0.25) is 0 Å². The highest BCUT2D eigenvalue weighted by Gasteiger charge is 2.27. The maximum Gasteiger partial charge on any atom is 0.333 e. The van der Waals surface area contributed by atoms with E-state index in [1.165, 1.54) is 0 Å². The second kappa shape index (κ2) is 6.73. The van der Waals surface area contributed by atoms with Crippen molar-refractivity contribution >= 4 is 11.9 Å². The fraction of sp³-hybridized carbons (Fsp3) is 0.625. The maximum absolute atomic E-state index is 11.1. The molecule has 2 aliphatic heterocycles. The summed E-state index contributed by atoms with van der Waals surface area (Å²) in [7, 11) is 0. The Bertz CT molecular complexity index is 352. The molecule has 2 aliphatic rings. The summed E-state index contributed by atoms with van der Waals surface area (Å²) < 4.78 is 10.4. The molecule has 0 unspecified atom stereocenters. The Morgan fingerprint density at radius 1 is 0.800 bits per heavy atom. The van der Waals surface area contributed by atoms with Crippen molar-refractivity contribution in [3.63, 3.8) is 0 Å². The smallest absolute Gasteiger partial charge is 0.333 e. The van der Waals surface area contributed by atoms with E-state index in [2.05, 4.69) is 13.2 Å². The maximum atomic E-state index is 11.1. The summed E-state index contributed by atoms with van der Waals surface area (Å²) in [4.78, 5) is 22.3. The van der Waals surface area contributed by atoms with Crippen molar-refractivity contribution in [2.75, 3.05) is 0 Å². The first-order valence-corrected chi connectivity index (χ1v) is 7.34. The molecule has 0 amide bonds. The molecule has 0 N–H and O–H groups in total. The minimum Gasteiger partial charge on any atom is -0.459 e. The number of carbonyl (C=O) groups is 2. The van der Waals surface area contributed by atoms with Crippen LogP contribution in [-0.4, -0.2) is 24.1 Å². The number of cyclic esters (lactones) is 2. The molecule has 2 fully saturated rings. The van der Waals surface area contributed by atoms with Crippen molar-refractivity contribution in [1.82, 2.24) is 0 Å². The zero-order valence-electron chi connectivity index (χ0n) is 11.9. The first kappa shape index (κ1) is 14.8. The van der Waals surface area contributed by atoms with Crippen LogP contribution in [0.1, 0.15) is 51.4 Å². The zero-order valence-corrected chi connectivity index (χ0v) is 11.9. The van der Waals surface area contributed by atoms with Gasteiger partial charge in [-0.15, -0.1) is 0 Å². The summed E-state index contributed by atoms with van der Waals surface area (Å²) >= 11 is 0. The highest BCUT2D eigenvalue weighted by atomic mass is 16.6. The Morgan fingerprint density at radius 2 is 1.20 bits per heavy atom. The van der Waals surface area contributed by atoms with Gasteiger partial charge in [0.15, 0.2) is 0 Å². The third-order valence-corrected chi connectivity index (χ3v) is 3.88. The van der Waals surface area contributed by atoms with E-state index < -0.39 is 0 Å². The Balaban J connectivity index is 1.48. The van der Waals surface area contributed by atoms with Gasteiger partial charge in [0.25, 0.3) is 0 Å². The average Bonchev–Trinajstić information content (AvgIpc) is 2.88. The molecule has 0 saturated carbocycles. The van der Waals surface area contributed by atoms with Gasteiger partial charge in [-0.05, 0) is 25.7 Å². The van der Waals surface area contributed by atoms with Gasteiger partial charge < -0.3 is 9.47 Å². The summed E-state index contributed by atoms with van der Waals surface area (Å²) in [5.41, 5.74) is 1.19. The molecular formula is C16H22O4. The molecule has 0 bridgehead atoms.